The van der Waals surface area contributed by atoms with Gasteiger partial charge in [-0.1, -0.05) is 27.7 Å². The molecule has 0 aliphatic carbocycles. The molecule has 4 nitrogen and oxygen atoms in total. The van der Waals surface area contributed by atoms with Gasteiger partial charge in [0.1, 0.15) is 5.69 Å². The van der Waals surface area contributed by atoms with Gasteiger partial charge in [-0.25, -0.2) is 4.39 Å². The van der Waals surface area contributed by atoms with Crippen molar-refractivity contribution in [1.29, 1.82) is 0 Å². The predicted molar refractivity (Wildman–Crippen MR) is 81.0 cm³/mol. The average Bonchev–Trinajstić information content (AvgIpc) is 2.23. The molecule has 20 heavy (non-hydrogen) atoms. The maximum Gasteiger partial charge on any atom is 1.00 e. The molecule has 0 heterocycles. The maximum absolute atomic E-state index is 13.5. The minimum absolute atomic E-state index is 0. The van der Waals surface area contributed by atoms with E-state index in [-0.39, 0.29) is 40.5 Å². The van der Waals surface area contributed by atoms with Gasteiger partial charge in [0.2, 0.25) is 0 Å². The molecular formula is C12H18FN2NaO2S2. The molecule has 0 atom stereocenters. The van der Waals surface area contributed by atoms with Gasteiger partial charge < -0.3 is 18.4 Å². The zero-order chi connectivity index (χ0) is 15.2. The van der Waals surface area contributed by atoms with Crippen molar-refractivity contribution in [2.24, 2.45) is 0 Å². The standard InChI is InChI=1S/C9H11FN2O2S.C3H8S.Na/c1-5(2)15-7-4-3-6(12(13)14)9(11)8(7)10;1-3(2)4;/h3-5H,11H2,1-2H3;3-4H,1-2H3;/q;;+1/p-1. The van der Waals surface area contributed by atoms with Gasteiger partial charge in [-0.15, -0.1) is 11.8 Å². The van der Waals surface area contributed by atoms with Crippen molar-refractivity contribution >= 4 is 35.8 Å². The van der Waals surface area contributed by atoms with Gasteiger partial charge in [-0.2, -0.15) is 5.25 Å². The van der Waals surface area contributed by atoms with E-state index < -0.39 is 16.4 Å². The number of hydrogen-bond donors (Lipinski definition) is 1. The summed E-state index contributed by atoms with van der Waals surface area (Å²) in [4.78, 5) is 10.1. The van der Waals surface area contributed by atoms with E-state index in [0.717, 1.165) is 0 Å². The summed E-state index contributed by atoms with van der Waals surface area (Å²) in [5.74, 6) is -0.706. The minimum atomic E-state index is -0.706. The Kier molecular flexibility index (Phi) is 12.0. The molecule has 0 saturated carbocycles. The van der Waals surface area contributed by atoms with Crippen molar-refractivity contribution in [2.75, 3.05) is 5.73 Å². The van der Waals surface area contributed by atoms with E-state index in [1.54, 1.807) is 0 Å². The summed E-state index contributed by atoms with van der Waals surface area (Å²) in [6, 6.07) is 2.61. The molecule has 0 radical (unpaired) electrons. The van der Waals surface area contributed by atoms with Crippen LogP contribution in [-0.4, -0.2) is 15.4 Å². The molecule has 108 valence electrons. The van der Waals surface area contributed by atoms with Crippen molar-refractivity contribution in [3.05, 3.63) is 28.1 Å². The van der Waals surface area contributed by atoms with E-state index in [1.165, 1.54) is 23.9 Å². The van der Waals surface area contributed by atoms with Crippen LogP contribution in [0.5, 0.6) is 0 Å². The fourth-order valence-corrected chi connectivity index (χ4v) is 1.93. The van der Waals surface area contributed by atoms with E-state index in [9.17, 15) is 14.5 Å². The molecule has 0 spiro atoms. The number of benzene rings is 1. The molecule has 2 N–H and O–H groups in total. The third-order valence-corrected chi connectivity index (χ3v) is 2.72. The Morgan fingerprint density at radius 3 is 2.15 bits per heavy atom. The fourth-order valence-electron chi connectivity index (χ4n) is 1.07. The number of nitrogen functional groups attached to an aromatic ring is 1. The second-order valence-corrected chi connectivity index (χ2v) is 6.84. The number of anilines is 1. The quantitative estimate of drug-likeness (QED) is 0.222. The first-order valence-corrected chi connectivity index (χ1v) is 7.06. The van der Waals surface area contributed by atoms with Crippen LogP contribution in [0.1, 0.15) is 27.7 Å². The molecule has 0 aliphatic rings. The molecule has 0 saturated heterocycles. The Labute approximate surface area is 150 Å². The molecule has 0 aromatic heterocycles. The first kappa shape index (κ1) is 22.3. The Bertz CT molecular complexity index is 443. The number of nitrogens with zero attached hydrogens (tertiary/aromatic N) is 1. The minimum Gasteiger partial charge on any atom is -0.790 e. The number of thioether (sulfide) groups is 1. The summed E-state index contributed by atoms with van der Waals surface area (Å²) < 4.78 is 13.5. The maximum atomic E-state index is 13.5. The summed E-state index contributed by atoms with van der Waals surface area (Å²) in [5, 5.41) is 11.1. The second-order valence-electron chi connectivity index (χ2n) is 4.28. The SMILES string of the molecule is CC(C)Sc1ccc([N+](=O)[O-])c(N)c1F.CC(C)[S-].[Na+]. The van der Waals surface area contributed by atoms with E-state index in [0.29, 0.717) is 10.1 Å². The van der Waals surface area contributed by atoms with E-state index >= 15 is 0 Å². The Hall–Kier alpha value is 0.0500. The first-order valence-electron chi connectivity index (χ1n) is 5.71. The number of nitro benzene ring substituents is 1. The van der Waals surface area contributed by atoms with Crippen molar-refractivity contribution in [3.8, 4) is 0 Å². The number of nitrogens with two attached hydrogens (primary N) is 1. The van der Waals surface area contributed by atoms with Crippen LogP contribution < -0.4 is 35.3 Å². The molecule has 0 bridgehead atoms. The van der Waals surface area contributed by atoms with Crippen molar-refractivity contribution in [3.63, 3.8) is 0 Å². The van der Waals surface area contributed by atoms with Crippen molar-refractivity contribution < 1.29 is 38.9 Å². The molecule has 8 heteroatoms. The molecule has 0 aliphatic heterocycles. The van der Waals surface area contributed by atoms with Gasteiger partial charge >= 0.3 is 29.6 Å². The molecular weight excluding hydrogens is 310 g/mol. The largest absolute Gasteiger partial charge is 1.00 e. The third-order valence-electron chi connectivity index (χ3n) is 1.68. The van der Waals surface area contributed by atoms with Crippen LogP contribution >= 0.6 is 11.8 Å². The van der Waals surface area contributed by atoms with Crippen molar-refractivity contribution in [2.45, 2.75) is 43.1 Å². The molecule has 1 aromatic carbocycles. The topological polar surface area (TPSA) is 69.2 Å². The van der Waals surface area contributed by atoms with E-state index in [2.05, 4.69) is 12.6 Å². The van der Waals surface area contributed by atoms with Crippen LogP contribution in [0, 0.1) is 15.9 Å². The molecule has 0 amide bonds. The summed E-state index contributed by atoms with van der Waals surface area (Å²) in [6.07, 6.45) is 0. The van der Waals surface area contributed by atoms with Gasteiger partial charge in [0.25, 0.3) is 5.69 Å². The Morgan fingerprint density at radius 1 is 1.35 bits per heavy atom. The summed E-state index contributed by atoms with van der Waals surface area (Å²) in [6.45, 7) is 7.77. The summed E-state index contributed by atoms with van der Waals surface area (Å²) in [7, 11) is 0. The Balaban J connectivity index is 0. The van der Waals surface area contributed by atoms with Crippen LogP contribution in [0.3, 0.4) is 0 Å². The average molecular weight is 328 g/mol. The van der Waals surface area contributed by atoms with Crippen LogP contribution in [0.15, 0.2) is 17.0 Å². The first-order chi connectivity index (χ1) is 8.66. The molecule has 1 rings (SSSR count). The van der Waals surface area contributed by atoms with Crippen LogP contribution in [0.4, 0.5) is 15.8 Å². The van der Waals surface area contributed by atoms with Crippen LogP contribution in [-0.2, 0) is 12.6 Å². The second kappa shape index (κ2) is 10.7. The third kappa shape index (κ3) is 8.36. The Morgan fingerprint density at radius 2 is 1.80 bits per heavy atom. The zero-order valence-corrected chi connectivity index (χ0v) is 16.0. The van der Waals surface area contributed by atoms with Gasteiger partial charge in [0.05, 0.1) is 4.92 Å². The van der Waals surface area contributed by atoms with Gasteiger partial charge in [0.15, 0.2) is 5.82 Å². The number of rotatable bonds is 3. The van der Waals surface area contributed by atoms with Crippen LogP contribution in [0.2, 0.25) is 0 Å². The molecule has 0 fully saturated rings. The smallest absolute Gasteiger partial charge is 0.790 e. The predicted octanol–water partition coefficient (Wildman–Crippen LogP) is 0.762. The van der Waals surface area contributed by atoms with Crippen molar-refractivity contribution in [1.82, 2.24) is 0 Å². The number of halogens is 1. The summed E-state index contributed by atoms with van der Waals surface area (Å²) in [5.41, 5.74) is 4.54. The normalized spacial score (nSPS) is 9.80. The number of nitro groups is 1. The fraction of sp³-hybridized carbons (Fsp3) is 0.500. The van der Waals surface area contributed by atoms with E-state index in [1.807, 2.05) is 27.7 Å². The van der Waals surface area contributed by atoms with E-state index in [4.69, 9.17) is 5.73 Å². The summed E-state index contributed by atoms with van der Waals surface area (Å²) >= 11 is 5.90. The van der Waals surface area contributed by atoms with Crippen LogP contribution in [0.25, 0.3) is 0 Å². The molecule has 0 unspecified atom stereocenters. The molecule has 1 aromatic rings. The monoisotopic (exact) mass is 328 g/mol. The zero-order valence-electron chi connectivity index (χ0n) is 12.3. The number of hydrogen-bond acceptors (Lipinski definition) is 5. The van der Waals surface area contributed by atoms with Gasteiger partial charge in [-0.05, 0) is 6.07 Å². The van der Waals surface area contributed by atoms with Gasteiger partial charge in [-0.3, -0.25) is 10.1 Å². The van der Waals surface area contributed by atoms with Gasteiger partial charge in [0, 0.05) is 16.2 Å².